The summed E-state index contributed by atoms with van der Waals surface area (Å²) in [7, 11) is 0. The molecule has 3 aliphatic rings. The van der Waals surface area contributed by atoms with E-state index in [1.807, 2.05) is 49.4 Å². The van der Waals surface area contributed by atoms with Crippen LogP contribution in [0.3, 0.4) is 0 Å². The Kier molecular flexibility index (Phi) is 20.8. The Balaban J connectivity index is 0.977. The van der Waals surface area contributed by atoms with Crippen molar-refractivity contribution in [1.29, 1.82) is 0 Å². The molecule has 10 atom stereocenters. The Morgan fingerprint density at radius 1 is 0.806 bits per heavy atom. The van der Waals surface area contributed by atoms with Crippen LogP contribution < -0.4 is 26.0 Å². The topological polar surface area (TPSA) is 330 Å². The monoisotopic (exact) mass is 1030 g/mol. The van der Waals surface area contributed by atoms with E-state index in [0.717, 1.165) is 29.5 Å². The van der Waals surface area contributed by atoms with Gasteiger partial charge in [0.25, 0.3) is 0 Å². The van der Waals surface area contributed by atoms with Crippen LogP contribution in [0.4, 0.5) is 9.59 Å². The van der Waals surface area contributed by atoms with Gasteiger partial charge in [0.1, 0.15) is 48.5 Å². The first kappa shape index (κ1) is 56.5. The molecule has 21 nitrogen and oxygen atoms in total. The number of piperazine rings is 1. The molecule has 398 valence electrons. The average Bonchev–Trinajstić information content (AvgIpc) is 4.35. The molecule has 0 spiro atoms. The van der Waals surface area contributed by atoms with E-state index in [1.165, 1.54) is 0 Å². The SMILES string of the molecule is CC(CCCC(=O)NCCN1CCN(C(=O)NCC(O)C(O)C(O)C(O)CO)CC1)c1ccc(Cl)c(CNC(=O)NC(C(O)C(O)C(O)C(O)CO)C2(c3cnccc3-c3ccccc3OC3CC3)CC2)c1. The smallest absolute Gasteiger partial charge is 0.317 e. The van der Waals surface area contributed by atoms with Gasteiger partial charge in [-0.05, 0) is 84.9 Å². The Hall–Kier alpha value is -4.75. The molecule has 2 aromatic carbocycles. The Morgan fingerprint density at radius 2 is 1.47 bits per heavy atom. The van der Waals surface area contributed by atoms with Gasteiger partial charge in [-0.1, -0.05) is 48.9 Å². The van der Waals surface area contributed by atoms with E-state index < -0.39 is 85.6 Å². The van der Waals surface area contributed by atoms with E-state index >= 15 is 0 Å². The van der Waals surface area contributed by atoms with Crippen molar-refractivity contribution in [3.05, 3.63) is 82.6 Å². The number of nitrogens with one attached hydrogen (secondary N) is 4. The minimum Gasteiger partial charge on any atom is -0.490 e. The van der Waals surface area contributed by atoms with E-state index in [-0.39, 0.29) is 31.0 Å². The highest BCUT2D eigenvalue weighted by atomic mass is 35.5. The number of aromatic nitrogens is 1. The van der Waals surface area contributed by atoms with Crippen molar-refractivity contribution in [1.82, 2.24) is 36.1 Å². The first-order valence-corrected chi connectivity index (χ1v) is 25.1. The van der Waals surface area contributed by atoms with E-state index in [1.54, 1.807) is 23.4 Å². The number of halogens is 1. The van der Waals surface area contributed by atoms with Crippen LogP contribution in [0.1, 0.15) is 74.5 Å². The lowest BCUT2D eigenvalue weighted by atomic mass is 9.79. The second kappa shape index (κ2) is 26.5. The van der Waals surface area contributed by atoms with E-state index in [2.05, 4.69) is 31.2 Å². The molecule has 2 saturated carbocycles. The molecule has 0 radical (unpaired) electrons. The quantitative estimate of drug-likeness (QED) is 0.0455. The number of hydrogen-bond donors (Lipinski definition) is 14. The third-order valence-corrected chi connectivity index (χ3v) is 14.3. The molecule has 14 N–H and O–H groups in total. The van der Waals surface area contributed by atoms with Crippen molar-refractivity contribution < 1.29 is 70.2 Å². The van der Waals surface area contributed by atoms with Crippen LogP contribution in [0.15, 0.2) is 60.9 Å². The summed E-state index contributed by atoms with van der Waals surface area (Å²) in [4.78, 5) is 47.3. The Bertz CT molecular complexity index is 2230. The number of amides is 5. The number of hydrogen-bond acceptors (Lipinski definition) is 16. The highest BCUT2D eigenvalue weighted by molar-refractivity contribution is 6.31. The minimum atomic E-state index is -1.96. The number of carbonyl (C=O) groups is 3. The standard InChI is InChI=1S/C50H72ClN7O14/c1-29(5-4-8-41(64)53-17-18-57-19-21-58(22-20-57)49(71)55-26-37(61)42(65)43(66)38(62)27-59)30-9-12-36(51)31(23-30)24-54-48(70)56-47(46(69)45(68)44(67)39(63)28-60)50(14-15-50)35-25-52-16-13-33(35)34-6-2-3-7-40(34)72-32-10-11-32/h2-3,6-7,9,12-13,16,23,25,29,32,37-39,42-47,59-63,65-69H,4-5,8,10-11,14-15,17-22,24,26-28H2,1H3,(H,53,64)(H,55,71)(H2,54,56,70). The maximum atomic E-state index is 13.9. The van der Waals surface area contributed by atoms with Gasteiger partial charge in [-0.2, -0.15) is 0 Å². The van der Waals surface area contributed by atoms with Gasteiger partial charge in [0, 0.05) is 87.2 Å². The van der Waals surface area contributed by atoms with Crippen LogP contribution in [-0.4, -0.2) is 204 Å². The fourth-order valence-corrected chi connectivity index (χ4v) is 9.28. The van der Waals surface area contributed by atoms with Crippen LogP contribution >= 0.6 is 11.6 Å². The maximum absolute atomic E-state index is 13.9. The largest absolute Gasteiger partial charge is 0.490 e. The summed E-state index contributed by atoms with van der Waals surface area (Å²) in [5.41, 5.74) is 2.82. The van der Waals surface area contributed by atoms with Crippen LogP contribution in [0.5, 0.6) is 5.75 Å². The number of pyridine rings is 1. The number of ether oxygens (including phenoxy) is 1. The van der Waals surface area contributed by atoms with Gasteiger partial charge < -0.3 is 82.0 Å². The predicted molar refractivity (Wildman–Crippen MR) is 264 cm³/mol. The molecule has 0 bridgehead atoms. The van der Waals surface area contributed by atoms with Crippen molar-refractivity contribution in [2.24, 2.45) is 0 Å². The highest BCUT2D eigenvalue weighted by Crippen LogP contribution is 2.55. The van der Waals surface area contributed by atoms with Crippen molar-refractivity contribution in [2.75, 3.05) is 59.0 Å². The summed E-state index contributed by atoms with van der Waals surface area (Å²) >= 11 is 6.63. The highest BCUT2D eigenvalue weighted by Gasteiger charge is 2.57. The number of aliphatic hydroxyl groups excluding tert-OH is 10. The predicted octanol–water partition coefficient (Wildman–Crippen LogP) is -0.568. The van der Waals surface area contributed by atoms with Crippen LogP contribution in [0, 0.1) is 0 Å². The number of carbonyl (C=O) groups excluding carboxylic acids is 3. The molecular formula is C50H72ClN7O14. The van der Waals surface area contributed by atoms with Crippen LogP contribution in [0.25, 0.3) is 11.1 Å². The average molecular weight is 1030 g/mol. The summed E-state index contributed by atoms with van der Waals surface area (Å²) in [6, 6.07) is 12.5. The molecule has 2 aliphatic carbocycles. The Labute approximate surface area is 423 Å². The zero-order valence-corrected chi connectivity index (χ0v) is 41.2. The summed E-state index contributed by atoms with van der Waals surface area (Å²) in [5, 5.41) is 113. The number of rotatable bonds is 27. The second-order valence-corrected chi connectivity index (χ2v) is 19.6. The molecule has 3 aromatic rings. The number of urea groups is 2. The summed E-state index contributed by atoms with van der Waals surface area (Å²) in [6.07, 6.45) is -6.39. The second-order valence-electron chi connectivity index (χ2n) is 19.2. The molecule has 6 rings (SSSR count). The zero-order valence-electron chi connectivity index (χ0n) is 40.5. The molecule has 22 heteroatoms. The normalized spacial score (nSPS) is 19.9. The molecule has 1 saturated heterocycles. The molecular weight excluding hydrogens is 958 g/mol. The van der Waals surface area contributed by atoms with Crippen LogP contribution in [0.2, 0.25) is 5.02 Å². The van der Waals surface area contributed by atoms with Crippen molar-refractivity contribution in [3.8, 4) is 16.9 Å². The zero-order chi connectivity index (χ0) is 52.1. The lowest BCUT2D eigenvalue weighted by Gasteiger charge is -2.37. The van der Waals surface area contributed by atoms with Gasteiger partial charge in [-0.25, -0.2) is 9.59 Å². The first-order chi connectivity index (χ1) is 34.5. The molecule has 1 aliphatic heterocycles. The third-order valence-electron chi connectivity index (χ3n) is 14.0. The lowest BCUT2D eigenvalue weighted by molar-refractivity contribution is -0.123. The summed E-state index contributed by atoms with van der Waals surface area (Å²) < 4.78 is 6.24. The molecule has 5 amide bonds. The van der Waals surface area contributed by atoms with E-state index in [9.17, 15) is 60.3 Å². The number of nitrogens with zero attached hydrogens (tertiary/aromatic N) is 3. The van der Waals surface area contributed by atoms with Crippen molar-refractivity contribution >= 4 is 29.6 Å². The molecule has 72 heavy (non-hydrogen) atoms. The van der Waals surface area contributed by atoms with Gasteiger partial charge in [0.05, 0.1) is 31.5 Å². The molecule has 2 heterocycles. The summed E-state index contributed by atoms with van der Waals surface area (Å²) in [5.74, 6) is 0.605. The maximum Gasteiger partial charge on any atom is 0.317 e. The van der Waals surface area contributed by atoms with Crippen LogP contribution in [-0.2, 0) is 16.8 Å². The first-order valence-electron chi connectivity index (χ1n) is 24.7. The van der Waals surface area contributed by atoms with E-state index in [4.69, 9.17) is 21.4 Å². The fourth-order valence-electron chi connectivity index (χ4n) is 9.10. The van der Waals surface area contributed by atoms with Crippen molar-refractivity contribution in [3.63, 3.8) is 0 Å². The third kappa shape index (κ3) is 14.9. The minimum absolute atomic E-state index is 0.00970. The molecule has 10 unspecified atom stereocenters. The van der Waals surface area contributed by atoms with Gasteiger partial charge in [0.2, 0.25) is 5.91 Å². The van der Waals surface area contributed by atoms with Gasteiger partial charge >= 0.3 is 12.1 Å². The summed E-state index contributed by atoms with van der Waals surface area (Å²) in [6.45, 7) is 2.83. The molecule has 1 aromatic heterocycles. The van der Waals surface area contributed by atoms with Crippen molar-refractivity contribution in [2.45, 2.75) is 131 Å². The van der Waals surface area contributed by atoms with Gasteiger partial charge in [0.15, 0.2) is 0 Å². The Morgan fingerprint density at radius 3 is 2.14 bits per heavy atom. The lowest BCUT2D eigenvalue weighted by Crippen LogP contribution is -2.60. The van der Waals surface area contributed by atoms with Gasteiger partial charge in [-0.3, -0.25) is 14.7 Å². The number of para-hydroxylation sites is 1. The number of benzene rings is 2. The number of aliphatic hydroxyl groups is 10. The fraction of sp³-hybridized carbons (Fsp3) is 0.600. The molecule has 3 fully saturated rings. The van der Waals surface area contributed by atoms with Gasteiger partial charge in [-0.15, -0.1) is 0 Å². The van der Waals surface area contributed by atoms with E-state index in [0.29, 0.717) is 93.3 Å².